The molecule has 112 valence electrons. The van der Waals surface area contributed by atoms with Gasteiger partial charge in [-0.2, -0.15) is 17.0 Å². The normalized spacial score (nSPS) is 25.2. The molecule has 2 heterocycles. The molecule has 1 aromatic rings. The molecule has 1 saturated heterocycles. The molecule has 20 heavy (non-hydrogen) atoms. The SMILES string of the molecule is C[C@H]1CCCN(S(=O)(=O)N(Cc2ccco2)C2CC2)C1. The van der Waals surface area contributed by atoms with Crippen LogP contribution in [0, 0.1) is 5.92 Å². The molecular weight excluding hydrogens is 276 g/mol. The molecule has 0 radical (unpaired) electrons. The van der Waals surface area contributed by atoms with Crippen LogP contribution in [0.4, 0.5) is 0 Å². The molecule has 5 nitrogen and oxygen atoms in total. The van der Waals surface area contributed by atoms with E-state index in [1.54, 1.807) is 20.9 Å². The smallest absolute Gasteiger partial charge is 0.282 e. The van der Waals surface area contributed by atoms with Gasteiger partial charge in [-0.1, -0.05) is 6.92 Å². The van der Waals surface area contributed by atoms with Crippen LogP contribution in [0.15, 0.2) is 22.8 Å². The Morgan fingerprint density at radius 3 is 2.80 bits per heavy atom. The zero-order valence-corrected chi connectivity index (χ0v) is 12.7. The van der Waals surface area contributed by atoms with Crippen molar-refractivity contribution in [2.75, 3.05) is 13.1 Å². The van der Waals surface area contributed by atoms with Crippen LogP contribution < -0.4 is 0 Å². The van der Waals surface area contributed by atoms with Crippen LogP contribution in [-0.4, -0.2) is 36.2 Å². The summed E-state index contributed by atoms with van der Waals surface area (Å²) in [6.07, 6.45) is 5.59. The van der Waals surface area contributed by atoms with E-state index in [4.69, 9.17) is 4.42 Å². The molecule has 1 aliphatic carbocycles. The second-order valence-corrected chi connectivity index (χ2v) is 7.85. The predicted octanol–water partition coefficient (Wildman–Crippen LogP) is 2.22. The van der Waals surface area contributed by atoms with Crippen molar-refractivity contribution in [2.45, 2.75) is 45.2 Å². The number of rotatable bonds is 5. The molecular formula is C14H22N2O3S. The first-order valence-electron chi connectivity index (χ1n) is 7.36. The highest BCUT2D eigenvalue weighted by Crippen LogP contribution is 2.33. The third-order valence-corrected chi connectivity index (χ3v) is 6.09. The fraction of sp³-hybridized carbons (Fsp3) is 0.714. The summed E-state index contributed by atoms with van der Waals surface area (Å²) in [5.74, 6) is 1.16. The van der Waals surface area contributed by atoms with E-state index in [2.05, 4.69) is 6.92 Å². The Bertz CT molecular complexity index is 537. The maximum Gasteiger partial charge on any atom is 0.282 e. The van der Waals surface area contributed by atoms with Gasteiger partial charge in [-0.15, -0.1) is 0 Å². The molecule has 0 aromatic carbocycles. The Hall–Kier alpha value is -0.850. The van der Waals surface area contributed by atoms with Crippen molar-refractivity contribution in [3.05, 3.63) is 24.2 Å². The van der Waals surface area contributed by atoms with Crippen LogP contribution in [-0.2, 0) is 16.8 Å². The highest BCUT2D eigenvalue weighted by molar-refractivity contribution is 7.86. The second-order valence-electron chi connectivity index (χ2n) is 5.97. The van der Waals surface area contributed by atoms with Gasteiger partial charge in [-0.25, -0.2) is 0 Å². The van der Waals surface area contributed by atoms with Gasteiger partial charge in [0.1, 0.15) is 5.76 Å². The van der Waals surface area contributed by atoms with Gasteiger partial charge in [-0.05, 0) is 43.7 Å². The number of furan rings is 1. The minimum absolute atomic E-state index is 0.155. The molecule has 0 spiro atoms. The maximum absolute atomic E-state index is 12.8. The molecule has 1 aliphatic heterocycles. The summed E-state index contributed by atoms with van der Waals surface area (Å²) in [6, 6.07) is 3.79. The lowest BCUT2D eigenvalue weighted by Crippen LogP contribution is -2.48. The molecule has 1 saturated carbocycles. The highest BCUT2D eigenvalue weighted by atomic mass is 32.2. The number of hydrogen-bond acceptors (Lipinski definition) is 3. The quantitative estimate of drug-likeness (QED) is 0.837. The molecule has 2 fully saturated rings. The zero-order valence-electron chi connectivity index (χ0n) is 11.9. The fourth-order valence-corrected chi connectivity index (χ4v) is 4.80. The molecule has 1 aromatic heterocycles. The lowest BCUT2D eigenvalue weighted by molar-refractivity contribution is 0.249. The van der Waals surface area contributed by atoms with Gasteiger partial charge in [-0.3, -0.25) is 0 Å². The van der Waals surface area contributed by atoms with Crippen molar-refractivity contribution in [3.63, 3.8) is 0 Å². The minimum Gasteiger partial charge on any atom is -0.468 e. The summed E-state index contributed by atoms with van der Waals surface area (Å²) in [4.78, 5) is 0. The van der Waals surface area contributed by atoms with E-state index in [1.165, 1.54) is 0 Å². The Labute approximate surface area is 120 Å². The Morgan fingerprint density at radius 1 is 1.40 bits per heavy atom. The van der Waals surface area contributed by atoms with Crippen molar-refractivity contribution in [1.82, 2.24) is 8.61 Å². The fourth-order valence-electron chi connectivity index (χ4n) is 2.82. The van der Waals surface area contributed by atoms with Crippen molar-refractivity contribution >= 4 is 10.2 Å². The lowest BCUT2D eigenvalue weighted by Gasteiger charge is -2.34. The second kappa shape index (κ2) is 5.50. The molecule has 0 amide bonds. The number of nitrogens with zero attached hydrogens (tertiary/aromatic N) is 2. The van der Waals surface area contributed by atoms with Gasteiger partial charge in [0.2, 0.25) is 0 Å². The first-order valence-corrected chi connectivity index (χ1v) is 8.76. The Morgan fingerprint density at radius 2 is 2.20 bits per heavy atom. The Kier molecular flexibility index (Phi) is 3.88. The monoisotopic (exact) mass is 298 g/mol. The molecule has 0 N–H and O–H groups in total. The van der Waals surface area contributed by atoms with Crippen LogP contribution in [0.25, 0.3) is 0 Å². The van der Waals surface area contributed by atoms with Crippen LogP contribution in [0.3, 0.4) is 0 Å². The molecule has 3 rings (SSSR count). The summed E-state index contributed by atoms with van der Waals surface area (Å²) in [6.45, 7) is 3.76. The van der Waals surface area contributed by atoms with E-state index in [0.29, 0.717) is 31.3 Å². The third kappa shape index (κ3) is 2.92. The summed E-state index contributed by atoms with van der Waals surface area (Å²) in [7, 11) is -3.36. The van der Waals surface area contributed by atoms with Crippen LogP contribution >= 0.6 is 0 Å². The van der Waals surface area contributed by atoms with E-state index < -0.39 is 10.2 Å². The molecule has 6 heteroatoms. The van der Waals surface area contributed by atoms with Gasteiger partial charge < -0.3 is 4.42 Å². The third-order valence-electron chi connectivity index (χ3n) is 4.09. The molecule has 0 unspecified atom stereocenters. The van der Waals surface area contributed by atoms with Crippen molar-refractivity contribution in [3.8, 4) is 0 Å². The summed E-state index contributed by atoms with van der Waals surface area (Å²) in [5.41, 5.74) is 0. The average Bonchev–Trinajstić information content (AvgIpc) is 3.12. The van der Waals surface area contributed by atoms with Gasteiger partial charge >= 0.3 is 0 Å². The standard InChI is InChI=1S/C14H22N2O3S/c1-12-4-2-8-15(10-12)20(17,18)16(13-6-7-13)11-14-5-3-9-19-14/h3,5,9,12-13H,2,4,6-8,10-11H2,1H3/t12-/m0/s1. The predicted molar refractivity (Wildman–Crippen MR) is 76.2 cm³/mol. The molecule has 1 atom stereocenters. The van der Waals surface area contributed by atoms with Crippen LogP contribution in [0.5, 0.6) is 0 Å². The van der Waals surface area contributed by atoms with E-state index in [-0.39, 0.29) is 6.04 Å². The highest BCUT2D eigenvalue weighted by Gasteiger charge is 2.41. The largest absolute Gasteiger partial charge is 0.468 e. The van der Waals surface area contributed by atoms with Crippen molar-refractivity contribution < 1.29 is 12.8 Å². The van der Waals surface area contributed by atoms with Crippen molar-refractivity contribution in [2.24, 2.45) is 5.92 Å². The van der Waals surface area contributed by atoms with E-state index in [0.717, 1.165) is 25.7 Å². The lowest BCUT2D eigenvalue weighted by atomic mass is 10.0. The minimum atomic E-state index is -3.36. The zero-order chi connectivity index (χ0) is 14.2. The molecule has 0 bridgehead atoms. The van der Waals surface area contributed by atoms with Gasteiger partial charge in [0.15, 0.2) is 0 Å². The van der Waals surface area contributed by atoms with Crippen LogP contribution in [0.2, 0.25) is 0 Å². The van der Waals surface area contributed by atoms with E-state index in [9.17, 15) is 8.42 Å². The van der Waals surface area contributed by atoms with Gasteiger partial charge in [0.05, 0.1) is 12.8 Å². The first-order chi connectivity index (χ1) is 9.57. The Balaban J connectivity index is 1.78. The summed E-state index contributed by atoms with van der Waals surface area (Å²) < 4.78 is 34.3. The topological polar surface area (TPSA) is 53.8 Å². The maximum atomic E-state index is 12.8. The van der Waals surface area contributed by atoms with E-state index in [1.807, 2.05) is 6.07 Å². The van der Waals surface area contributed by atoms with Gasteiger partial charge in [0, 0.05) is 19.1 Å². The van der Waals surface area contributed by atoms with Crippen molar-refractivity contribution in [1.29, 1.82) is 0 Å². The molecule has 2 aliphatic rings. The summed E-state index contributed by atoms with van der Waals surface area (Å²) in [5, 5.41) is 0. The number of piperidine rings is 1. The number of hydrogen-bond donors (Lipinski definition) is 0. The van der Waals surface area contributed by atoms with Gasteiger partial charge in [0.25, 0.3) is 10.2 Å². The van der Waals surface area contributed by atoms with Crippen LogP contribution in [0.1, 0.15) is 38.4 Å². The first kappa shape index (κ1) is 14.1. The average molecular weight is 298 g/mol. The van der Waals surface area contributed by atoms with E-state index >= 15 is 0 Å². The summed E-state index contributed by atoms with van der Waals surface area (Å²) >= 11 is 0.